The highest BCUT2D eigenvalue weighted by Gasteiger charge is 2.13. The first-order valence-corrected chi connectivity index (χ1v) is 5.99. The van der Waals surface area contributed by atoms with Crippen LogP contribution in [0.4, 0.5) is 4.39 Å². The van der Waals surface area contributed by atoms with Gasteiger partial charge in [0, 0.05) is 4.47 Å². The van der Waals surface area contributed by atoms with E-state index in [1.807, 2.05) is 5.16 Å². The third kappa shape index (κ3) is 2.61. The average molecular weight is 326 g/mol. The molecule has 3 nitrogen and oxygen atoms in total. The van der Waals surface area contributed by atoms with Crippen LogP contribution in [-0.2, 0) is 0 Å². The number of hydrogen-bond acceptors (Lipinski definition) is 3. The van der Waals surface area contributed by atoms with Crippen LogP contribution in [0, 0.1) is 5.82 Å². The SMILES string of the molecule is O=C(N=C=S)c1ccc(-c2ccc(Br)cc2F)o1. The van der Waals surface area contributed by atoms with E-state index < -0.39 is 11.7 Å². The Balaban J connectivity index is 2.41. The van der Waals surface area contributed by atoms with Crippen molar-refractivity contribution in [1.29, 1.82) is 0 Å². The number of aliphatic imine (C=N–C) groups is 1. The number of nitrogens with zero attached hydrogens (tertiary/aromatic N) is 1. The van der Waals surface area contributed by atoms with Crippen LogP contribution in [0.15, 0.2) is 44.2 Å². The lowest BCUT2D eigenvalue weighted by Gasteiger charge is -1.99. The Bertz CT molecular complexity index is 662. The van der Waals surface area contributed by atoms with Crippen LogP contribution in [-0.4, -0.2) is 11.1 Å². The minimum absolute atomic E-state index is 0.00957. The van der Waals surface area contributed by atoms with E-state index in [1.165, 1.54) is 18.2 Å². The van der Waals surface area contributed by atoms with Crippen LogP contribution >= 0.6 is 28.1 Å². The summed E-state index contributed by atoms with van der Waals surface area (Å²) in [6, 6.07) is 7.45. The van der Waals surface area contributed by atoms with Crippen molar-refractivity contribution in [1.82, 2.24) is 0 Å². The van der Waals surface area contributed by atoms with Gasteiger partial charge in [-0.05, 0) is 42.5 Å². The second-order valence-corrected chi connectivity index (χ2v) is 4.39. The Morgan fingerprint density at radius 3 is 2.83 bits per heavy atom. The normalized spacial score (nSPS) is 9.89. The van der Waals surface area contributed by atoms with Crippen LogP contribution in [0.2, 0.25) is 0 Å². The molecule has 0 N–H and O–H groups in total. The highest BCUT2D eigenvalue weighted by molar-refractivity contribution is 9.10. The highest BCUT2D eigenvalue weighted by atomic mass is 79.9. The number of benzene rings is 1. The van der Waals surface area contributed by atoms with Crippen molar-refractivity contribution in [2.24, 2.45) is 4.99 Å². The quantitative estimate of drug-likeness (QED) is 0.617. The van der Waals surface area contributed by atoms with Crippen molar-refractivity contribution in [3.8, 4) is 11.3 Å². The van der Waals surface area contributed by atoms with Gasteiger partial charge in [-0.15, -0.1) is 4.99 Å². The van der Waals surface area contributed by atoms with E-state index in [4.69, 9.17) is 4.42 Å². The lowest BCUT2D eigenvalue weighted by atomic mass is 10.1. The number of thiocarbonyl (C=S) groups is 1. The van der Waals surface area contributed by atoms with Crippen LogP contribution < -0.4 is 0 Å². The van der Waals surface area contributed by atoms with Gasteiger partial charge in [-0.1, -0.05) is 15.9 Å². The van der Waals surface area contributed by atoms with Gasteiger partial charge in [-0.25, -0.2) is 4.39 Å². The Labute approximate surface area is 115 Å². The summed E-state index contributed by atoms with van der Waals surface area (Å²) in [6.07, 6.45) is 0. The predicted molar refractivity (Wildman–Crippen MR) is 71.2 cm³/mol. The number of hydrogen-bond donors (Lipinski definition) is 0. The maximum atomic E-state index is 13.7. The summed E-state index contributed by atoms with van der Waals surface area (Å²) in [6.45, 7) is 0. The number of halogens is 2. The van der Waals surface area contributed by atoms with Crippen molar-refractivity contribution in [3.05, 3.63) is 46.4 Å². The van der Waals surface area contributed by atoms with Gasteiger partial charge < -0.3 is 4.42 Å². The molecule has 18 heavy (non-hydrogen) atoms. The van der Waals surface area contributed by atoms with E-state index in [1.54, 1.807) is 12.1 Å². The molecule has 6 heteroatoms. The number of isothiocyanates is 1. The Morgan fingerprint density at radius 2 is 2.17 bits per heavy atom. The first kappa shape index (κ1) is 12.8. The molecule has 1 aromatic heterocycles. The molecule has 1 aromatic carbocycles. The van der Waals surface area contributed by atoms with Gasteiger partial charge >= 0.3 is 5.91 Å². The van der Waals surface area contributed by atoms with Crippen LogP contribution in [0.3, 0.4) is 0 Å². The number of rotatable bonds is 2. The zero-order valence-corrected chi connectivity index (χ0v) is 11.2. The van der Waals surface area contributed by atoms with Crippen LogP contribution in [0.5, 0.6) is 0 Å². The van der Waals surface area contributed by atoms with Crippen molar-refractivity contribution in [2.45, 2.75) is 0 Å². The van der Waals surface area contributed by atoms with E-state index in [0.717, 1.165) is 0 Å². The molecule has 0 radical (unpaired) electrons. The Morgan fingerprint density at radius 1 is 1.39 bits per heavy atom. The van der Waals surface area contributed by atoms with Crippen molar-refractivity contribution < 1.29 is 13.6 Å². The summed E-state index contributed by atoms with van der Waals surface area (Å²) in [7, 11) is 0. The fraction of sp³-hybridized carbons (Fsp3) is 0. The topological polar surface area (TPSA) is 42.6 Å². The predicted octanol–water partition coefficient (Wildman–Crippen LogP) is 4.09. The second kappa shape index (κ2) is 5.35. The van der Waals surface area contributed by atoms with Gasteiger partial charge in [0.25, 0.3) is 0 Å². The Hall–Kier alpha value is -1.62. The molecule has 0 aliphatic heterocycles. The molecule has 0 aliphatic carbocycles. The number of amides is 1. The largest absolute Gasteiger partial charge is 0.451 e. The molecule has 0 atom stereocenters. The van der Waals surface area contributed by atoms with E-state index in [9.17, 15) is 9.18 Å². The summed E-state index contributed by atoms with van der Waals surface area (Å²) in [5.41, 5.74) is 0.267. The maximum Gasteiger partial charge on any atom is 0.321 e. The molecular weight excluding hydrogens is 321 g/mol. The van der Waals surface area contributed by atoms with E-state index in [2.05, 4.69) is 33.1 Å². The van der Waals surface area contributed by atoms with Gasteiger partial charge in [0.2, 0.25) is 0 Å². The summed E-state index contributed by atoms with van der Waals surface area (Å²) in [5.74, 6) is -0.850. The molecule has 1 amide bonds. The van der Waals surface area contributed by atoms with Gasteiger partial charge in [-0.3, -0.25) is 4.79 Å². The minimum Gasteiger partial charge on any atom is -0.451 e. The first-order valence-electron chi connectivity index (χ1n) is 4.79. The van der Waals surface area contributed by atoms with Crippen LogP contribution in [0.1, 0.15) is 10.6 Å². The highest BCUT2D eigenvalue weighted by Crippen LogP contribution is 2.27. The maximum absolute atomic E-state index is 13.7. The molecule has 0 aliphatic rings. The van der Waals surface area contributed by atoms with Gasteiger partial charge in [0.05, 0.1) is 10.7 Å². The van der Waals surface area contributed by atoms with Crippen molar-refractivity contribution in [3.63, 3.8) is 0 Å². The summed E-state index contributed by atoms with van der Waals surface area (Å²) in [5, 5.41) is 1.95. The lowest BCUT2D eigenvalue weighted by molar-refractivity contribution is 0.0978. The van der Waals surface area contributed by atoms with Crippen molar-refractivity contribution >= 4 is 39.2 Å². The Kier molecular flexibility index (Phi) is 3.81. The number of furan rings is 1. The number of carbonyl (C=O) groups excluding carboxylic acids is 1. The zero-order valence-electron chi connectivity index (χ0n) is 8.81. The first-order chi connectivity index (χ1) is 8.61. The fourth-order valence-electron chi connectivity index (χ4n) is 1.38. The number of carbonyl (C=O) groups is 1. The summed E-state index contributed by atoms with van der Waals surface area (Å²) in [4.78, 5) is 14.6. The molecule has 0 saturated carbocycles. The molecule has 1 heterocycles. The van der Waals surface area contributed by atoms with E-state index >= 15 is 0 Å². The summed E-state index contributed by atoms with van der Waals surface area (Å²) >= 11 is 7.48. The third-order valence-corrected chi connectivity index (χ3v) is 2.75. The summed E-state index contributed by atoms with van der Waals surface area (Å²) < 4.78 is 19.5. The molecule has 0 saturated heterocycles. The van der Waals surface area contributed by atoms with Gasteiger partial charge in [0.1, 0.15) is 11.6 Å². The monoisotopic (exact) mass is 325 g/mol. The minimum atomic E-state index is -0.645. The van der Waals surface area contributed by atoms with E-state index in [-0.39, 0.29) is 17.1 Å². The van der Waals surface area contributed by atoms with Crippen molar-refractivity contribution in [2.75, 3.05) is 0 Å². The molecule has 0 spiro atoms. The second-order valence-electron chi connectivity index (χ2n) is 3.30. The van der Waals surface area contributed by atoms with Gasteiger partial charge in [-0.2, -0.15) is 0 Å². The van der Waals surface area contributed by atoms with Gasteiger partial charge in [0.15, 0.2) is 5.76 Å². The molecular formula is C12H5BrFNO2S. The smallest absolute Gasteiger partial charge is 0.321 e. The average Bonchev–Trinajstić information content (AvgIpc) is 2.78. The fourth-order valence-corrected chi connectivity index (χ4v) is 1.80. The lowest BCUT2D eigenvalue weighted by Crippen LogP contribution is -1.90. The third-order valence-electron chi connectivity index (χ3n) is 2.16. The molecule has 0 unspecified atom stereocenters. The molecule has 90 valence electrons. The molecule has 2 aromatic rings. The molecule has 0 bridgehead atoms. The van der Waals surface area contributed by atoms with E-state index in [0.29, 0.717) is 4.47 Å². The molecule has 2 rings (SSSR count). The standard InChI is InChI=1S/C12H5BrFNO2S/c13-7-1-2-8(9(14)5-7)10-3-4-11(17-10)12(16)15-6-18/h1-5H. The molecule has 0 fully saturated rings. The van der Waals surface area contributed by atoms with Crippen LogP contribution in [0.25, 0.3) is 11.3 Å². The zero-order chi connectivity index (χ0) is 13.1.